The highest BCUT2D eigenvalue weighted by molar-refractivity contribution is 5.98. The molecule has 2 heterocycles. The van der Waals surface area contributed by atoms with Crippen LogP contribution in [0.5, 0.6) is 0 Å². The second kappa shape index (κ2) is 6.28. The molecule has 0 bridgehead atoms. The van der Waals surface area contributed by atoms with Crippen molar-refractivity contribution in [1.29, 1.82) is 0 Å². The monoisotopic (exact) mass is 269 g/mol. The second-order valence-electron chi connectivity index (χ2n) is 3.87. The normalized spacial score (nSPS) is 12.2. The summed E-state index contributed by atoms with van der Waals surface area (Å²) in [6.07, 6.45) is 3.28. The maximum absolute atomic E-state index is 5.80. The molecule has 7 nitrogen and oxygen atoms in total. The van der Waals surface area contributed by atoms with Crippen LogP contribution in [-0.4, -0.2) is 28.7 Å². The number of nitrogens with one attached hydrogen (secondary N) is 1. The van der Waals surface area contributed by atoms with Gasteiger partial charge in [0.1, 0.15) is 11.4 Å². The summed E-state index contributed by atoms with van der Waals surface area (Å²) in [6.45, 7) is 0. The van der Waals surface area contributed by atoms with Gasteiger partial charge in [0.25, 0.3) is 0 Å². The van der Waals surface area contributed by atoms with Crippen molar-refractivity contribution in [2.75, 3.05) is 12.4 Å². The largest absolute Gasteiger partial charge is 0.387 e. The Balaban J connectivity index is 2.17. The number of hydrogen-bond donors (Lipinski definition) is 3. The van der Waals surface area contributed by atoms with Gasteiger partial charge in [-0.2, -0.15) is 0 Å². The van der Waals surface area contributed by atoms with Gasteiger partial charge in [-0.3, -0.25) is 9.97 Å². The van der Waals surface area contributed by atoms with Crippen LogP contribution in [0.1, 0.15) is 11.4 Å². The van der Waals surface area contributed by atoms with Gasteiger partial charge in [0.15, 0.2) is 11.7 Å². The smallest absolute Gasteiger partial charge is 0.172 e. The summed E-state index contributed by atoms with van der Waals surface area (Å²) in [5.74, 6) is 0.381. The molecule has 0 aliphatic rings. The molecule has 7 heteroatoms. The molecule has 102 valence electrons. The molecule has 0 fully saturated rings. The molecule has 0 aliphatic heterocycles. The molecule has 2 aromatic rings. The Morgan fingerprint density at radius 2 is 1.70 bits per heavy atom. The third kappa shape index (κ3) is 3.29. The fourth-order valence-electron chi connectivity index (χ4n) is 1.42. The lowest BCUT2D eigenvalue weighted by molar-refractivity contribution is 1.16. The molecule has 0 atom stereocenters. The molecule has 20 heavy (non-hydrogen) atoms. The van der Waals surface area contributed by atoms with E-state index in [2.05, 4.69) is 25.5 Å². The molecule has 0 radical (unpaired) electrons. The predicted octanol–water partition coefficient (Wildman–Crippen LogP) is 0.544. The lowest BCUT2D eigenvalue weighted by Crippen LogP contribution is -2.17. The number of nitrogens with zero attached hydrogens (tertiary/aromatic N) is 4. The number of pyridine rings is 2. The molecule has 0 unspecified atom stereocenters. The van der Waals surface area contributed by atoms with Crippen molar-refractivity contribution in [3.05, 3.63) is 54.1 Å². The van der Waals surface area contributed by atoms with E-state index in [0.29, 0.717) is 11.4 Å². The van der Waals surface area contributed by atoms with E-state index in [9.17, 15) is 0 Å². The van der Waals surface area contributed by atoms with E-state index in [4.69, 9.17) is 11.5 Å². The van der Waals surface area contributed by atoms with Crippen molar-refractivity contribution >= 4 is 17.4 Å². The fraction of sp³-hybridized carbons (Fsp3) is 0.0769. The van der Waals surface area contributed by atoms with Crippen molar-refractivity contribution in [2.24, 2.45) is 21.7 Å². The zero-order valence-electron chi connectivity index (χ0n) is 11.0. The van der Waals surface area contributed by atoms with Crippen molar-refractivity contribution in [2.45, 2.75) is 0 Å². The molecule has 0 spiro atoms. The molecule has 0 aromatic carbocycles. The van der Waals surface area contributed by atoms with Crippen LogP contribution in [-0.2, 0) is 0 Å². The summed E-state index contributed by atoms with van der Waals surface area (Å²) in [5.41, 5.74) is 13.5. The van der Waals surface area contributed by atoms with Gasteiger partial charge in [-0.15, -0.1) is 10.2 Å². The maximum atomic E-state index is 5.80. The number of nitrogens with two attached hydrogens (primary N) is 2. The summed E-state index contributed by atoms with van der Waals surface area (Å²) in [4.78, 5) is 8.22. The number of amidine groups is 2. The predicted molar refractivity (Wildman–Crippen MR) is 79.5 cm³/mol. The molecule has 0 amide bonds. The topological polar surface area (TPSA) is 115 Å². The average Bonchev–Trinajstić information content (AvgIpc) is 2.53. The van der Waals surface area contributed by atoms with Crippen molar-refractivity contribution < 1.29 is 0 Å². The molecule has 2 aromatic heterocycles. The van der Waals surface area contributed by atoms with Crippen LogP contribution in [0.15, 0.2) is 52.9 Å². The molecule has 0 saturated carbocycles. The molecule has 0 saturated heterocycles. The lowest BCUT2D eigenvalue weighted by atomic mass is 10.3. The summed E-state index contributed by atoms with van der Waals surface area (Å²) in [7, 11) is 1.81. The quantitative estimate of drug-likeness (QED) is 0.426. The maximum Gasteiger partial charge on any atom is 0.172 e. The summed E-state index contributed by atoms with van der Waals surface area (Å²) >= 11 is 0. The Bertz CT molecular complexity index is 617. The van der Waals surface area contributed by atoms with Gasteiger partial charge in [-0.1, -0.05) is 6.07 Å². The van der Waals surface area contributed by atoms with Gasteiger partial charge in [-0.25, -0.2) is 0 Å². The van der Waals surface area contributed by atoms with Crippen LogP contribution < -0.4 is 16.8 Å². The van der Waals surface area contributed by atoms with Crippen LogP contribution >= 0.6 is 0 Å². The number of hydrogen-bond acceptors (Lipinski definition) is 5. The first-order valence-corrected chi connectivity index (χ1v) is 5.93. The van der Waals surface area contributed by atoms with Crippen molar-refractivity contribution in [3.63, 3.8) is 0 Å². The zero-order chi connectivity index (χ0) is 14.4. The van der Waals surface area contributed by atoms with Gasteiger partial charge in [0.2, 0.25) is 0 Å². The van der Waals surface area contributed by atoms with E-state index in [1.54, 1.807) is 30.6 Å². The van der Waals surface area contributed by atoms with Gasteiger partial charge < -0.3 is 16.8 Å². The minimum absolute atomic E-state index is 0.187. The van der Waals surface area contributed by atoms with Gasteiger partial charge in [-0.05, 0) is 24.3 Å². The minimum Gasteiger partial charge on any atom is -0.387 e. The van der Waals surface area contributed by atoms with Gasteiger partial charge >= 0.3 is 0 Å². The Labute approximate surface area is 116 Å². The van der Waals surface area contributed by atoms with Crippen molar-refractivity contribution in [3.8, 4) is 0 Å². The minimum atomic E-state index is 0.187. The van der Waals surface area contributed by atoms with Crippen LogP contribution in [0, 0.1) is 0 Å². The van der Waals surface area contributed by atoms with Crippen LogP contribution in [0.3, 0.4) is 0 Å². The fourth-order valence-corrected chi connectivity index (χ4v) is 1.42. The summed E-state index contributed by atoms with van der Waals surface area (Å²) in [5, 5.41) is 10.7. The molecular formula is C13H15N7. The van der Waals surface area contributed by atoms with Crippen LogP contribution in [0.2, 0.25) is 0 Å². The molecule has 0 aliphatic carbocycles. The van der Waals surface area contributed by atoms with Gasteiger partial charge in [0.05, 0.1) is 11.9 Å². The number of aromatic nitrogens is 2. The second-order valence-corrected chi connectivity index (χ2v) is 3.87. The Morgan fingerprint density at radius 3 is 2.20 bits per heavy atom. The molecular weight excluding hydrogens is 254 g/mol. The highest BCUT2D eigenvalue weighted by Crippen LogP contribution is 2.04. The van der Waals surface area contributed by atoms with Crippen LogP contribution in [0.25, 0.3) is 0 Å². The number of anilines is 1. The third-order valence-electron chi connectivity index (χ3n) is 2.51. The first-order valence-electron chi connectivity index (χ1n) is 5.93. The number of rotatable bonds is 4. The third-order valence-corrected chi connectivity index (χ3v) is 2.51. The van der Waals surface area contributed by atoms with E-state index < -0.39 is 0 Å². The van der Waals surface area contributed by atoms with Gasteiger partial charge in [0, 0.05) is 13.2 Å². The SMILES string of the molecule is CNc1ccc(/C(N)=N/N=C(\N)c2ccccn2)nc1. The summed E-state index contributed by atoms with van der Waals surface area (Å²) < 4.78 is 0. The highest BCUT2D eigenvalue weighted by atomic mass is 15.3. The Kier molecular flexibility index (Phi) is 4.23. The standard InChI is InChI=1S/C13H15N7/c1-16-9-5-6-11(18-8-9)13(15)20-19-12(14)10-4-2-3-7-17-10/h2-8,16H,1H3,(H2,14,19)(H2,15,20). The molecule has 5 N–H and O–H groups in total. The van der Waals surface area contributed by atoms with E-state index >= 15 is 0 Å². The van der Waals surface area contributed by atoms with Crippen molar-refractivity contribution in [1.82, 2.24) is 9.97 Å². The van der Waals surface area contributed by atoms with Crippen LogP contribution in [0.4, 0.5) is 5.69 Å². The highest BCUT2D eigenvalue weighted by Gasteiger charge is 2.01. The van der Waals surface area contributed by atoms with E-state index in [1.807, 2.05) is 19.2 Å². The summed E-state index contributed by atoms with van der Waals surface area (Å²) in [6, 6.07) is 8.94. The first-order chi connectivity index (χ1) is 9.70. The first kappa shape index (κ1) is 13.5. The zero-order valence-corrected chi connectivity index (χ0v) is 11.0. The molecule has 2 rings (SSSR count). The van der Waals surface area contributed by atoms with E-state index in [1.165, 1.54) is 0 Å². The Hall–Kier alpha value is -2.96. The van der Waals surface area contributed by atoms with E-state index in [-0.39, 0.29) is 11.7 Å². The lowest BCUT2D eigenvalue weighted by Gasteiger charge is -2.01. The van der Waals surface area contributed by atoms with E-state index in [0.717, 1.165) is 5.69 Å². The Morgan fingerprint density at radius 1 is 1.00 bits per heavy atom. The average molecular weight is 269 g/mol.